The van der Waals surface area contributed by atoms with Gasteiger partial charge in [0.1, 0.15) is 5.69 Å². The number of aromatic nitrogens is 2. The minimum absolute atomic E-state index is 0.0387. The molecule has 0 aliphatic carbocycles. The first-order chi connectivity index (χ1) is 15.4. The average molecular weight is 481 g/mol. The number of carbonyl (C=O) groups excluding carboxylic acids is 1. The number of nitrogens with zero attached hydrogens (tertiary/aromatic N) is 2. The van der Waals surface area contributed by atoms with E-state index >= 15 is 4.39 Å². The Morgan fingerprint density at radius 1 is 1.15 bits per heavy atom. The van der Waals surface area contributed by atoms with Gasteiger partial charge in [0, 0.05) is 25.5 Å². The van der Waals surface area contributed by atoms with Gasteiger partial charge in [0.2, 0.25) is 15.0 Å². The van der Waals surface area contributed by atoms with Gasteiger partial charge in [-0.25, -0.2) is 17.8 Å². The molecule has 11 heteroatoms. The second kappa shape index (κ2) is 8.29. The summed E-state index contributed by atoms with van der Waals surface area (Å²) in [5, 5.41) is -0.303. The maximum absolute atomic E-state index is 15.3. The van der Waals surface area contributed by atoms with Crippen LogP contribution in [-0.4, -0.2) is 42.0 Å². The van der Waals surface area contributed by atoms with Gasteiger partial charge in [0.05, 0.1) is 5.56 Å². The summed E-state index contributed by atoms with van der Waals surface area (Å²) in [6.07, 6.45) is -3.58. The lowest BCUT2D eigenvalue weighted by molar-refractivity contribution is -0.137. The highest BCUT2D eigenvalue weighted by atomic mass is 32.2. The molecule has 6 nitrogen and oxygen atoms in total. The van der Waals surface area contributed by atoms with Crippen LogP contribution in [0.4, 0.5) is 17.6 Å². The van der Waals surface area contributed by atoms with Crippen molar-refractivity contribution in [3.05, 3.63) is 82.2 Å². The van der Waals surface area contributed by atoms with E-state index in [9.17, 15) is 26.4 Å². The van der Waals surface area contributed by atoms with Crippen LogP contribution in [0.2, 0.25) is 0 Å². The monoisotopic (exact) mass is 481 g/mol. The summed E-state index contributed by atoms with van der Waals surface area (Å²) >= 11 is 0. The molecular formula is C22H19F4N3O3S. The number of sulfone groups is 1. The van der Waals surface area contributed by atoms with Gasteiger partial charge in [-0.15, -0.1) is 0 Å². The van der Waals surface area contributed by atoms with Gasteiger partial charge in [-0.1, -0.05) is 30.3 Å². The van der Waals surface area contributed by atoms with E-state index in [1.807, 2.05) is 0 Å². The predicted molar refractivity (Wildman–Crippen MR) is 111 cm³/mol. The Morgan fingerprint density at radius 3 is 2.45 bits per heavy atom. The highest BCUT2D eigenvalue weighted by Gasteiger charge is 2.31. The molecule has 1 amide bonds. The summed E-state index contributed by atoms with van der Waals surface area (Å²) in [5.74, 6) is -0.461. The lowest BCUT2D eigenvalue weighted by Crippen LogP contribution is -2.36. The number of fused-ring (bicyclic) bond motifs is 1. The third-order valence-electron chi connectivity index (χ3n) is 5.52. The summed E-state index contributed by atoms with van der Waals surface area (Å²) in [6.45, 7) is 0.423. The normalized spacial score (nSPS) is 15.2. The Kier molecular flexibility index (Phi) is 5.77. The van der Waals surface area contributed by atoms with Gasteiger partial charge in [-0.3, -0.25) is 4.79 Å². The first-order valence-electron chi connectivity index (χ1n) is 9.92. The molecule has 174 valence electrons. The van der Waals surface area contributed by atoms with E-state index in [-0.39, 0.29) is 29.5 Å². The summed E-state index contributed by atoms with van der Waals surface area (Å²) in [7, 11) is -3.59. The first-order valence-corrected chi connectivity index (χ1v) is 11.8. The van der Waals surface area contributed by atoms with Gasteiger partial charge in [-0.05, 0) is 40.8 Å². The zero-order chi connectivity index (χ0) is 24.0. The number of hydrogen-bond acceptors (Lipinski definition) is 4. The van der Waals surface area contributed by atoms with E-state index < -0.39 is 33.7 Å². The number of benzene rings is 2. The van der Waals surface area contributed by atoms with Crippen molar-refractivity contribution in [1.29, 1.82) is 0 Å². The van der Waals surface area contributed by atoms with Crippen molar-refractivity contribution in [2.75, 3.05) is 12.8 Å². The van der Waals surface area contributed by atoms with Crippen molar-refractivity contribution in [2.24, 2.45) is 0 Å². The Bertz CT molecular complexity index is 1300. The zero-order valence-electron chi connectivity index (χ0n) is 17.4. The van der Waals surface area contributed by atoms with Crippen LogP contribution in [0.25, 0.3) is 0 Å². The third-order valence-corrected chi connectivity index (χ3v) is 6.43. The SMILES string of the molecule is CS(=O)(=O)c1nc(C(=O)N2CCc3c(cccc3C(F)c3ccc(C(F)(F)F)cc3)C2)c[nH]1. The standard InChI is InChI=1S/C22H19F4N3O3S/c1-33(31,32)21-27-11-18(28-21)20(30)29-10-9-16-14(12-29)3-2-4-17(16)19(23)13-5-7-15(8-6-13)22(24,25)26/h2-8,11,19H,9-10,12H2,1H3,(H,27,28). The van der Waals surface area contributed by atoms with E-state index in [4.69, 9.17) is 0 Å². The van der Waals surface area contributed by atoms with Crippen LogP contribution in [0.3, 0.4) is 0 Å². The number of rotatable bonds is 4. The molecule has 0 radical (unpaired) electrons. The first kappa shape index (κ1) is 23.0. The summed E-state index contributed by atoms with van der Waals surface area (Å²) in [6, 6.07) is 8.94. The molecule has 4 rings (SSSR count). The van der Waals surface area contributed by atoms with Crippen LogP contribution in [-0.2, 0) is 29.0 Å². The van der Waals surface area contributed by atoms with E-state index in [0.717, 1.165) is 30.5 Å². The molecule has 2 aromatic carbocycles. The molecule has 1 N–H and O–H groups in total. The highest BCUT2D eigenvalue weighted by Crippen LogP contribution is 2.35. The Morgan fingerprint density at radius 2 is 1.85 bits per heavy atom. The lowest BCUT2D eigenvalue weighted by Gasteiger charge is -2.30. The van der Waals surface area contributed by atoms with Crippen molar-refractivity contribution >= 4 is 15.7 Å². The van der Waals surface area contributed by atoms with E-state index in [1.54, 1.807) is 18.2 Å². The minimum atomic E-state index is -4.50. The largest absolute Gasteiger partial charge is 0.416 e. The molecule has 0 saturated carbocycles. The average Bonchev–Trinajstić information content (AvgIpc) is 3.28. The Hall–Kier alpha value is -3.21. The fourth-order valence-corrected chi connectivity index (χ4v) is 4.37. The summed E-state index contributed by atoms with van der Waals surface area (Å²) in [4.78, 5) is 20.6. The lowest BCUT2D eigenvalue weighted by atomic mass is 9.89. The van der Waals surface area contributed by atoms with E-state index in [1.165, 1.54) is 11.1 Å². The molecule has 1 aliphatic rings. The fraction of sp³-hybridized carbons (Fsp3) is 0.273. The van der Waals surface area contributed by atoms with Crippen molar-refractivity contribution in [2.45, 2.75) is 30.5 Å². The molecule has 1 aromatic heterocycles. The molecular weight excluding hydrogens is 462 g/mol. The molecule has 1 atom stereocenters. The van der Waals surface area contributed by atoms with Gasteiger partial charge in [0.25, 0.3) is 5.91 Å². The van der Waals surface area contributed by atoms with E-state index in [0.29, 0.717) is 23.1 Å². The van der Waals surface area contributed by atoms with Crippen molar-refractivity contribution < 1.29 is 30.8 Å². The van der Waals surface area contributed by atoms with Gasteiger partial charge < -0.3 is 9.88 Å². The summed E-state index contributed by atoms with van der Waals surface area (Å²) < 4.78 is 76.8. The number of imidazole rings is 1. The number of hydrogen-bond donors (Lipinski definition) is 1. The van der Waals surface area contributed by atoms with Crippen LogP contribution in [0, 0.1) is 0 Å². The number of nitrogens with one attached hydrogen (secondary N) is 1. The van der Waals surface area contributed by atoms with Crippen molar-refractivity contribution in [3.63, 3.8) is 0 Å². The van der Waals surface area contributed by atoms with Crippen LogP contribution in [0.5, 0.6) is 0 Å². The van der Waals surface area contributed by atoms with Crippen LogP contribution >= 0.6 is 0 Å². The van der Waals surface area contributed by atoms with Crippen LogP contribution < -0.4 is 0 Å². The molecule has 0 saturated heterocycles. The maximum Gasteiger partial charge on any atom is 0.416 e. The number of alkyl halides is 4. The second-order valence-corrected chi connectivity index (χ2v) is 9.74. The maximum atomic E-state index is 15.3. The van der Waals surface area contributed by atoms with Gasteiger partial charge in [-0.2, -0.15) is 13.2 Å². The third kappa shape index (κ3) is 4.63. The smallest absolute Gasteiger partial charge is 0.335 e. The van der Waals surface area contributed by atoms with Crippen molar-refractivity contribution in [1.82, 2.24) is 14.9 Å². The minimum Gasteiger partial charge on any atom is -0.335 e. The Labute approximate surface area is 187 Å². The van der Waals surface area contributed by atoms with Crippen LogP contribution in [0.1, 0.15) is 44.5 Å². The number of aromatic amines is 1. The van der Waals surface area contributed by atoms with Gasteiger partial charge in [0.15, 0.2) is 6.17 Å². The summed E-state index contributed by atoms with van der Waals surface area (Å²) in [5.41, 5.74) is 0.981. The quantitative estimate of drug-likeness (QED) is 0.569. The molecule has 1 aliphatic heterocycles. The molecule has 0 bridgehead atoms. The molecule has 0 fully saturated rings. The highest BCUT2D eigenvalue weighted by molar-refractivity contribution is 7.90. The van der Waals surface area contributed by atoms with Crippen molar-refractivity contribution in [3.8, 4) is 0 Å². The zero-order valence-corrected chi connectivity index (χ0v) is 18.2. The molecule has 1 unspecified atom stereocenters. The molecule has 0 spiro atoms. The fourth-order valence-electron chi connectivity index (χ4n) is 3.84. The number of carbonyl (C=O) groups is 1. The number of amides is 1. The Balaban J connectivity index is 1.56. The number of H-pyrrole nitrogens is 1. The second-order valence-electron chi connectivity index (χ2n) is 7.81. The molecule has 3 aromatic rings. The van der Waals surface area contributed by atoms with E-state index in [2.05, 4.69) is 9.97 Å². The van der Waals surface area contributed by atoms with Gasteiger partial charge >= 0.3 is 6.18 Å². The molecule has 2 heterocycles. The topological polar surface area (TPSA) is 83.1 Å². The van der Waals surface area contributed by atoms with Crippen LogP contribution in [0.15, 0.2) is 53.8 Å². The number of halogens is 4. The molecule has 33 heavy (non-hydrogen) atoms. The predicted octanol–water partition coefficient (Wildman–Crippen LogP) is 4.09.